The third-order valence-electron chi connectivity index (χ3n) is 4.39. The van der Waals surface area contributed by atoms with Crippen molar-refractivity contribution < 1.29 is 0 Å². The fraction of sp³-hybridized carbons (Fsp3) is 0.143. The van der Waals surface area contributed by atoms with Crippen LogP contribution in [-0.4, -0.2) is 0 Å². The molecule has 0 N–H and O–H groups in total. The molecule has 0 aromatic heterocycles. The van der Waals surface area contributed by atoms with Gasteiger partial charge in [0.25, 0.3) is 0 Å². The summed E-state index contributed by atoms with van der Waals surface area (Å²) in [5.74, 6) is 0. The topological polar surface area (TPSA) is 3.24 Å². The smallest absolute Gasteiger partial charge is 0.0494 e. The Morgan fingerprint density at radius 2 is 1.36 bits per heavy atom. The Labute approximate surface area is 131 Å². The molecule has 0 radical (unpaired) electrons. The molecule has 1 aliphatic rings. The summed E-state index contributed by atoms with van der Waals surface area (Å²) in [6.45, 7) is 2.17. The molecule has 0 unspecified atom stereocenters. The Balaban J connectivity index is 1.98. The fourth-order valence-electron chi connectivity index (χ4n) is 3.33. The number of hydrogen-bond acceptors (Lipinski definition) is 1. The summed E-state index contributed by atoms with van der Waals surface area (Å²) in [6.07, 6.45) is 2.19. The number of rotatable bonds is 1. The molecule has 4 rings (SSSR count). The van der Waals surface area contributed by atoms with E-state index >= 15 is 0 Å². The molecule has 108 valence electrons. The highest BCUT2D eigenvalue weighted by Gasteiger charge is 2.21. The number of benzene rings is 3. The van der Waals surface area contributed by atoms with Gasteiger partial charge in [-0.05, 0) is 55.2 Å². The molecular weight excluding hydrogens is 266 g/mol. The highest BCUT2D eigenvalue weighted by molar-refractivity contribution is 5.81. The quantitative estimate of drug-likeness (QED) is 0.565. The summed E-state index contributed by atoms with van der Waals surface area (Å²) in [6, 6.07) is 26.2. The SMILES string of the molecule is Cc1ccc2c(c1)CCc1ccccc1N2c1ccccc1. The molecule has 0 spiro atoms. The molecule has 1 heterocycles. The predicted molar refractivity (Wildman–Crippen MR) is 93.3 cm³/mol. The minimum Gasteiger partial charge on any atom is -0.310 e. The second kappa shape index (κ2) is 5.34. The molecule has 3 aromatic carbocycles. The van der Waals surface area contributed by atoms with Crippen LogP contribution in [0.4, 0.5) is 17.1 Å². The molecule has 1 nitrogen and oxygen atoms in total. The third-order valence-corrected chi connectivity index (χ3v) is 4.39. The summed E-state index contributed by atoms with van der Waals surface area (Å²) in [5.41, 5.74) is 8.01. The molecule has 1 heteroatoms. The first-order valence-electron chi connectivity index (χ1n) is 7.85. The van der Waals surface area contributed by atoms with E-state index in [4.69, 9.17) is 0 Å². The standard InChI is InChI=1S/C21H19N/c1-16-11-14-21-18(15-16)13-12-17-7-5-6-10-20(17)22(21)19-8-3-2-4-9-19/h2-11,14-15H,12-13H2,1H3. The van der Waals surface area contributed by atoms with E-state index < -0.39 is 0 Å². The normalized spacial score (nSPS) is 13.2. The summed E-state index contributed by atoms with van der Waals surface area (Å²) in [7, 11) is 0. The maximum atomic E-state index is 2.40. The van der Waals surface area contributed by atoms with Crippen LogP contribution in [0.3, 0.4) is 0 Å². The van der Waals surface area contributed by atoms with Gasteiger partial charge in [0, 0.05) is 17.1 Å². The van der Waals surface area contributed by atoms with Crippen LogP contribution in [-0.2, 0) is 12.8 Å². The molecule has 22 heavy (non-hydrogen) atoms. The van der Waals surface area contributed by atoms with Gasteiger partial charge >= 0.3 is 0 Å². The van der Waals surface area contributed by atoms with Crippen LogP contribution in [0.25, 0.3) is 0 Å². The molecule has 0 saturated carbocycles. The zero-order valence-corrected chi connectivity index (χ0v) is 12.8. The molecular formula is C21H19N. The van der Waals surface area contributed by atoms with Crippen LogP contribution in [0.5, 0.6) is 0 Å². The maximum Gasteiger partial charge on any atom is 0.0494 e. The highest BCUT2D eigenvalue weighted by Crippen LogP contribution is 2.41. The lowest BCUT2D eigenvalue weighted by Gasteiger charge is -2.27. The minimum atomic E-state index is 1.09. The van der Waals surface area contributed by atoms with E-state index in [-0.39, 0.29) is 0 Å². The van der Waals surface area contributed by atoms with Crippen molar-refractivity contribution in [2.24, 2.45) is 0 Å². The van der Waals surface area contributed by atoms with E-state index in [1.54, 1.807) is 0 Å². The first-order chi connectivity index (χ1) is 10.8. The van der Waals surface area contributed by atoms with Crippen molar-refractivity contribution in [1.29, 1.82) is 0 Å². The fourth-order valence-corrected chi connectivity index (χ4v) is 3.33. The summed E-state index contributed by atoms with van der Waals surface area (Å²) >= 11 is 0. The van der Waals surface area contributed by atoms with E-state index in [0.717, 1.165) is 12.8 Å². The summed E-state index contributed by atoms with van der Waals surface area (Å²) in [4.78, 5) is 2.40. The van der Waals surface area contributed by atoms with Gasteiger partial charge in [0.1, 0.15) is 0 Å². The summed E-state index contributed by atoms with van der Waals surface area (Å²) < 4.78 is 0. The second-order valence-corrected chi connectivity index (χ2v) is 5.93. The van der Waals surface area contributed by atoms with Crippen molar-refractivity contribution in [3.8, 4) is 0 Å². The van der Waals surface area contributed by atoms with Gasteiger partial charge in [0.05, 0.1) is 0 Å². The molecule has 0 aliphatic carbocycles. The van der Waals surface area contributed by atoms with Crippen LogP contribution >= 0.6 is 0 Å². The molecule has 0 saturated heterocycles. The van der Waals surface area contributed by atoms with Gasteiger partial charge in [-0.25, -0.2) is 0 Å². The largest absolute Gasteiger partial charge is 0.310 e. The van der Waals surface area contributed by atoms with Gasteiger partial charge in [0.2, 0.25) is 0 Å². The van der Waals surface area contributed by atoms with Gasteiger partial charge in [-0.15, -0.1) is 0 Å². The van der Waals surface area contributed by atoms with E-state index in [0.29, 0.717) is 0 Å². The van der Waals surface area contributed by atoms with Gasteiger partial charge in [-0.1, -0.05) is 54.1 Å². The number of anilines is 3. The van der Waals surface area contributed by atoms with Crippen LogP contribution in [0.2, 0.25) is 0 Å². The van der Waals surface area contributed by atoms with Crippen molar-refractivity contribution in [2.75, 3.05) is 4.90 Å². The Morgan fingerprint density at radius 3 is 2.23 bits per heavy atom. The molecule has 0 amide bonds. The number of aryl methyl sites for hydroxylation is 3. The Bertz CT molecular complexity index is 805. The van der Waals surface area contributed by atoms with E-state index in [1.807, 2.05) is 0 Å². The zero-order valence-electron chi connectivity index (χ0n) is 12.8. The van der Waals surface area contributed by atoms with E-state index in [2.05, 4.69) is 84.6 Å². The minimum absolute atomic E-state index is 1.09. The van der Waals surface area contributed by atoms with Gasteiger partial charge in [0.15, 0.2) is 0 Å². The van der Waals surface area contributed by atoms with Crippen molar-refractivity contribution >= 4 is 17.1 Å². The number of para-hydroxylation sites is 2. The van der Waals surface area contributed by atoms with Crippen molar-refractivity contribution in [3.63, 3.8) is 0 Å². The number of hydrogen-bond donors (Lipinski definition) is 0. The van der Waals surface area contributed by atoms with Crippen LogP contribution in [0, 0.1) is 6.92 Å². The first-order valence-corrected chi connectivity index (χ1v) is 7.85. The first kappa shape index (κ1) is 13.1. The lowest BCUT2D eigenvalue weighted by molar-refractivity contribution is 0.975. The van der Waals surface area contributed by atoms with Crippen LogP contribution < -0.4 is 4.90 Å². The molecule has 0 atom stereocenters. The van der Waals surface area contributed by atoms with Gasteiger partial charge in [-0.3, -0.25) is 0 Å². The zero-order chi connectivity index (χ0) is 14.9. The highest BCUT2D eigenvalue weighted by atomic mass is 15.1. The molecule has 1 aliphatic heterocycles. The van der Waals surface area contributed by atoms with E-state index in [1.165, 1.54) is 33.8 Å². The monoisotopic (exact) mass is 285 g/mol. The summed E-state index contributed by atoms with van der Waals surface area (Å²) in [5, 5.41) is 0. The molecule has 0 bridgehead atoms. The van der Waals surface area contributed by atoms with Crippen molar-refractivity contribution in [2.45, 2.75) is 19.8 Å². The Morgan fingerprint density at radius 1 is 0.682 bits per heavy atom. The lowest BCUT2D eigenvalue weighted by atomic mass is 10.0. The van der Waals surface area contributed by atoms with Gasteiger partial charge in [-0.2, -0.15) is 0 Å². The molecule has 3 aromatic rings. The number of fused-ring (bicyclic) bond motifs is 2. The van der Waals surface area contributed by atoms with Crippen molar-refractivity contribution in [1.82, 2.24) is 0 Å². The Kier molecular flexibility index (Phi) is 3.19. The van der Waals surface area contributed by atoms with Crippen molar-refractivity contribution in [3.05, 3.63) is 89.5 Å². The molecule has 0 fully saturated rings. The third kappa shape index (κ3) is 2.19. The number of nitrogens with zero attached hydrogens (tertiary/aromatic N) is 1. The predicted octanol–water partition coefficient (Wildman–Crippen LogP) is 5.56. The second-order valence-electron chi connectivity index (χ2n) is 5.93. The van der Waals surface area contributed by atoms with Gasteiger partial charge < -0.3 is 4.90 Å². The lowest BCUT2D eigenvalue weighted by Crippen LogP contribution is -2.11. The van der Waals surface area contributed by atoms with Crippen LogP contribution in [0.15, 0.2) is 72.8 Å². The van der Waals surface area contributed by atoms with Crippen LogP contribution in [0.1, 0.15) is 16.7 Å². The average molecular weight is 285 g/mol. The Hall–Kier alpha value is -2.54. The van der Waals surface area contributed by atoms with E-state index in [9.17, 15) is 0 Å². The average Bonchev–Trinajstić information content (AvgIpc) is 2.72. The maximum absolute atomic E-state index is 2.40.